The molecule has 6 nitrogen and oxygen atoms in total. The topological polar surface area (TPSA) is 75.6 Å². The highest BCUT2D eigenvalue weighted by molar-refractivity contribution is 5.97. The number of aliphatic hydroxyl groups is 1. The van der Waals surface area contributed by atoms with Crippen LogP contribution in [-0.2, 0) is 0 Å². The first-order chi connectivity index (χ1) is 12.9. The standard InChI is InChI=1S/C21H23N3O3/c1-13-14(2)23-19-11-16(8-9-18(19)22-13)21(26)24(3)12-20(25)15-6-5-7-17(10-15)27-4/h5-11,20,25H,12H2,1-4H3. The molecule has 1 aromatic heterocycles. The molecule has 0 spiro atoms. The smallest absolute Gasteiger partial charge is 0.253 e. The van der Waals surface area contributed by atoms with Crippen molar-refractivity contribution in [2.24, 2.45) is 0 Å². The predicted molar refractivity (Wildman–Crippen MR) is 104 cm³/mol. The number of ether oxygens (including phenoxy) is 1. The number of amides is 1. The highest BCUT2D eigenvalue weighted by Gasteiger charge is 2.18. The van der Waals surface area contributed by atoms with Crippen LogP contribution >= 0.6 is 0 Å². The maximum absolute atomic E-state index is 12.8. The Bertz CT molecular complexity index is 988. The molecule has 6 heteroatoms. The zero-order valence-corrected chi connectivity index (χ0v) is 15.9. The highest BCUT2D eigenvalue weighted by atomic mass is 16.5. The lowest BCUT2D eigenvalue weighted by Crippen LogP contribution is -2.31. The van der Waals surface area contributed by atoms with Gasteiger partial charge in [0.25, 0.3) is 5.91 Å². The first kappa shape index (κ1) is 18.8. The summed E-state index contributed by atoms with van der Waals surface area (Å²) in [6.45, 7) is 3.98. The van der Waals surface area contributed by atoms with E-state index in [1.54, 1.807) is 38.4 Å². The molecular weight excluding hydrogens is 342 g/mol. The summed E-state index contributed by atoms with van der Waals surface area (Å²) in [6.07, 6.45) is -0.806. The second-order valence-corrected chi connectivity index (χ2v) is 6.58. The van der Waals surface area contributed by atoms with Gasteiger partial charge in [-0.2, -0.15) is 0 Å². The summed E-state index contributed by atoms with van der Waals surface area (Å²) in [5.74, 6) is 0.484. The zero-order chi connectivity index (χ0) is 19.6. The molecular formula is C21H23N3O3. The Balaban J connectivity index is 1.78. The van der Waals surface area contributed by atoms with Gasteiger partial charge in [0.15, 0.2) is 0 Å². The van der Waals surface area contributed by atoms with Gasteiger partial charge in [-0.25, -0.2) is 9.97 Å². The van der Waals surface area contributed by atoms with E-state index in [2.05, 4.69) is 9.97 Å². The van der Waals surface area contributed by atoms with Crippen molar-refractivity contribution in [2.75, 3.05) is 20.7 Å². The molecule has 0 aliphatic carbocycles. The number of aromatic nitrogens is 2. The molecule has 0 aliphatic rings. The number of carbonyl (C=O) groups excluding carboxylic acids is 1. The number of hydrogen-bond donors (Lipinski definition) is 1. The number of aliphatic hydroxyl groups excluding tert-OH is 1. The summed E-state index contributed by atoms with van der Waals surface area (Å²) in [7, 11) is 3.25. The average molecular weight is 365 g/mol. The summed E-state index contributed by atoms with van der Waals surface area (Å²) in [4.78, 5) is 23.3. The van der Waals surface area contributed by atoms with Gasteiger partial charge in [-0.15, -0.1) is 0 Å². The second-order valence-electron chi connectivity index (χ2n) is 6.58. The van der Waals surface area contributed by atoms with Gasteiger partial charge in [-0.3, -0.25) is 4.79 Å². The number of carbonyl (C=O) groups is 1. The van der Waals surface area contributed by atoms with Crippen LogP contribution < -0.4 is 4.74 Å². The maximum atomic E-state index is 12.8. The molecule has 0 bridgehead atoms. The number of nitrogens with zero attached hydrogens (tertiary/aromatic N) is 3. The van der Waals surface area contributed by atoms with Crippen LogP contribution in [0.4, 0.5) is 0 Å². The summed E-state index contributed by atoms with van der Waals surface area (Å²) in [5.41, 5.74) is 4.37. The molecule has 3 rings (SSSR count). The number of fused-ring (bicyclic) bond motifs is 1. The average Bonchev–Trinajstić information content (AvgIpc) is 2.67. The zero-order valence-electron chi connectivity index (χ0n) is 15.9. The van der Waals surface area contributed by atoms with E-state index in [9.17, 15) is 9.90 Å². The third-order valence-corrected chi connectivity index (χ3v) is 4.59. The SMILES string of the molecule is COc1cccc(C(O)CN(C)C(=O)c2ccc3nc(C)c(C)nc3c2)c1. The Labute approximate surface area is 158 Å². The molecule has 0 saturated heterocycles. The molecule has 1 N–H and O–H groups in total. The van der Waals surface area contributed by atoms with Crippen molar-refractivity contribution in [3.8, 4) is 5.75 Å². The van der Waals surface area contributed by atoms with E-state index in [4.69, 9.17) is 4.74 Å². The molecule has 1 unspecified atom stereocenters. The van der Waals surface area contributed by atoms with Crippen LogP contribution in [0.3, 0.4) is 0 Å². The van der Waals surface area contributed by atoms with Gasteiger partial charge < -0.3 is 14.7 Å². The van der Waals surface area contributed by atoms with Crippen molar-refractivity contribution in [1.82, 2.24) is 14.9 Å². The molecule has 3 aromatic rings. The van der Waals surface area contributed by atoms with Gasteiger partial charge in [0.1, 0.15) is 5.75 Å². The number of methoxy groups -OCH3 is 1. The molecule has 1 atom stereocenters. The first-order valence-electron chi connectivity index (χ1n) is 8.71. The van der Waals surface area contributed by atoms with Crippen molar-refractivity contribution >= 4 is 16.9 Å². The minimum absolute atomic E-state index is 0.169. The Morgan fingerprint density at radius 2 is 1.81 bits per heavy atom. The molecule has 0 saturated carbocycles. The number of rotatable bonds is 5. The highest BCUT2D eigenvalue weighted by Crippen LogP contribution is 2.21. The second kappa shape index (κ2) is 7.72. The summed E-state index contributed by atoms with van der Waals surface area (Å²) < 4.78 is 5.18. The Morgan fingerprint density at radius 1 is 1.11 bits per heavy atom. The van der Waals surface area contributed by atoms with Crippen molar-refractivity contribution in [3.63, 3.8) is 0 Å². The Hall–Kier alpha value is -2.99. The largest absolute Gasteiger partial charge is 0.497 e. The van der Waals surface area contributed by atoms with Crippen LogP contribution in [0.25, 0.3) is 11.0 Å². The van der Waals surface area contributed by atoms with Crippen LogP contribution in [0.2, 0.25) is 0 Å². The van der Waals surface area contributed by atoms with Gasteiger partial charge in [0, 0.05) is 12.6 Å². The molecule has 140 valence electrons. The van der Waals surface area contributed by atoms with E-state index in [0.717, 1.165) is 16.9 Å². The number of aryl methyl sites for hydroxylation is 2. The van der Waals surface area contributed by atoms with Crippen molar-refractivity contribution in [1.29, 1.82) is 0 Å². The van der Waals surface area contributed by atoms with Gasteiger partial charge in [0.2, 0.25) is 0 Å². The van der Waals surface area contributed by atoms with Gasteiger partial charge in [-0.1, -0.05) is 12.1 Å². The first-order valence-corrected chi connectivity index (χ1v) is 8.71. The van der Waals surface area contributed by atoms with Crippen LogP contribution in [0.15, 0.2) is 42.5 Å². The third-order valence-electron chi connectivity index (χ3n) is 4.59. The normalized spacial score (nSPS) is 12.0. The quantitative estimate of drug-likeness (QED) is 0.752. The van der Waals surface area contributed by atoms with Crippen LogP contribution in [0.5, 0.6) is 5.75 Å². The molecule has 2 aromatic carbocycles. The van der Waals surface area contributed by atoms with Crippen molar-refractivity contribution in [3.05, 3.63) is 65.0 Å². The van der Waals surface area contributed by atoms with Gasteiger partial charge in [0.05, 0.1) is 42.2 Å². The van der Waals surface area contributed by atoms with E-state index < -0.39 is 6.10 Å². The number of hydrogen-bond acceptors (Lipinski definition) is 5. The molecule has 1 amide bonds. The van der Waals surface area contributed by atoms with Crippen molar-refractivity contribution in [2.45, 2.75) is 20.0 Å². The Morgan fingerprint density at radius 3 is 2.52 bits per heavy atom. The van der Waals surface area contributed by atoms with E-state index in [1.165, 1.54) is 4.90 Å². The lowest BCUT2D eigenvalue weighted by Gasteiger charge is -2.21. The lowest BCUT2D eigenvalue weighted by atomic mass is 10.1. The monoisotopic (exact) mass is 365 g/mol. The summed E-state index contributed by atoms with van der Waals surface area (Å²) in [5, 5.41) is 10.5. The van der Waals surface area contributed by atoms with E-state index in [1.807, 2.05) is 32.0 Å². The maximum Gasteiger partial charge on any atom is 0.253 e. The van der Waals surface area contributed by atoms with Crippen molar-refractivity contribution < 1.29 is 14.6 Å². The van der Waals surface area contributed by atoms with Gasteiger partial charge >= 0.3 is 0 Å². The van der Waals surface area contributed by atoms with Crippen LogP contribution in [0.1, 0.15) is 33.4 Å². The molecule has 1 heterocycles. The predicted octanol–water partition coefficient (Wildman–Crippen LogP) is 3.06. The number of benzene rings is 2. The molecule has 27 heavy (non-hydrogen) atoms. The van der Waals surface area contributed by atoms with E-state index in [0.29, 0.717) is 22.4 Å². The number of likely N-dealkylation sites (N-methyl/N-ethyl adjacent to an activating group) is 1. The van der Waals surface area contributed by atoms with Gasteiger partial charge in [-0.05, 0) is 49.7 Å². The third kappa shape index (κ3) is 4.06. The fraction of sp³-hybridized carbons (Fsp3) is 0.286. The molecule has 0 fully saturated rings. The minimum Gasteiger partial charge on any atom is -0.497 e. The molecule has 0 aliphatic heterocycles. The fourth-order valence-corrected chi connectivity index (χ4v) is 2.88. The summed E-state index contributed by atoms with van der Waals surface area (Å²) in [6, 6.07) is 12.5. The Kier molecular flexibility index (Phi) is 5.37. The molecule has 0 radical (unpaired) electrons. The fourth-order valence-electron chi connectivity index (χ4n) is 2.88. The summed E-state index contributed by atoms with van der Waals surface area (Å²) >= 11 is 0. The van der Waals surface area contributed by atoms with Crippen LogP contribution in [-0.4, -0.2) is 46.6 Å². The van der Waals surface area contributed by atoms with E-state index >= 15 is 0 Å². The minimum atomic E-state index is -0.806. The lowest BCUT2D eigenvalue weighted by molar-refractivity contribution is 0.0681. The van der Waals surface area contributed by atoms with E-state index in [-0.39, 0.29) is 12.5 Å². The van der Waals surface area contributed by atoms with Crippen LogP contribution in [0, 0.1) is 13.8 Å².